The lowest BCUT2D eigenvalue weighted by atomic mass is 10.2. The number of amides is 2. The van der Waals surface area contributed by atoms with Crippen molar-refractivity contribution in [3.8, 4) is 0 Å². The zero-order valence-corrected chi connectivity index (χ0v) is 16.5. The number of nitrogens with one attached hydrogen (secondary N) is 1. The summed E-state index contributed by atoms with van der Waals surface area (Å²) in [5, 5.41) is 8.96. The lowest BCUT2D eigenvalue weighted by molar-refractivity contribution is 0.0684. The Morgan fingerprint density at radius 1 is 1.19 bits per heavy atom. The molecule has 0 saturated carbocycles. The number of carbonyl (C=O) groups is 2. The molecule has 2 amide bonds. The van der Waals surface area contributed by atoms with Gasteiger partial charge < -0.3 is 20.7 Å². The zero-order valence-electron chi connectivity index (χ0n) is 16.5. The SMILES string of the molecule is CN1C(=O)N(Cc2ccc(F)c(F)c2)Cc2nc(C(=O)O)[nH]c21.NCc1ccncc1. The summed E-state index contributed by atoms with van der Waals surface area (Å²) >= 11 is 0. The van der Waals surface area contributed by atoms with Gasteiger partial charge in [-0.3, -0.25) is 9.88 Å². The molecule has 9 nitrogen and oxygen atoms in total. The second kappa shape index (κ2) is 9.30. The third-order valence-corrected chi connectivity index (χ3v) is 4.54. The van der Waals surface area contributed by atoms with Gasteiger partial charge in [0.15, 0.2) is 11.6 Å². The highest BCUT2D eigenvalue weighted by atomic mass is 19.2. The number of fused-ring (bicyclic) bond motifs is 1. The Labute approximate surface area is 176 Å². The molecule has 1 aliphatic rings. The van der Waals surface area contributed by atoms with E-state index in [0.717, 1.165) is 17.7 Å². The summed E-state index contributed by atoms with van der Waals surface area (Å²) in [5.74, 6) is -3.13. The highest BCUT2D eigenvalue weighted by molar-refractivity contribution is 5.94. The van der Waals surface area contributed by atoms with Crippen LogP contribution in [0.2, 0.25) is 0 Å². The minimum atomic E-state index is -1.23. The normalized spacial score (nSPS) is 12.8. The van der Waals surface area contributed by atoms with Crippen molar-refractivity contribution in [2.75, 3.05) is 11.9 Å². The number of urea groups is 1. The van der Waals surface area contributed by atoms with E-state index in [-0.39, 0.29) is 18.9 Å². The maximum Gasteiger partial charge on any atom is 0.371 e. The van der Waals surface area contributed by atoms with Gasteiger partial charge in [0.05, 0.1) is 6.54 Å². The third kappa shape index (κ3) is 5.01. The first kappa shape index (κ1) is 21.8. The van der Waals surface area contributed by atoms with E-state index < -0.39 is 23.6 Å². The molecule has 11 heteroatoms. The number of imidazole rings is 1. The summed E-state index contributed by atoms with van der Waals surface area (Å²) in [4.78, 5) is 36.2. The lowest BCUT2D eigenvalue weighted by Gasteiger charge is -2.32. The van der Waals surface area contributed by atoms with Crippen molar-refractivity contribution in [3.63, 3.8) is 0 Å². The second-order valence-electron chi connectivity index (χ2n) is 6.69. The number of H-pyrrole nitrogens is 1. The number of aromatic nitrogens is 3. The summed E-state index contributed by atoms with van der Waals surface area (Å²) in [6, 6.07) is 6.80. The Kier molecular flexibility index (Phi) is 6.55. The number of hydrogen-bond donors (Lipinski definition) is 3. The minimum absolute atomic E-state index is 0.0507. The largest absolute Gasteiger partial charge is 0.475 e. The van der Waals surface area contributed by atoms with E-state index in [1.807, 2.05) is 12.1 Å². The Balaban J connectivity index is 0.000000287. The molecule has 3 heterocycles. The van der Waals surface area contributed by atoms with Gasteiger partial charge in [0, 0.05) is 32.5 Å². The number of pyridine rings is 1. The van der Waals surface area contributed by atoms with Gasteiger partial charge in [0.25, 0.3) is 0 Å². The quantitative estimate of drug-likeness (QED) is 0.583. The van der Waals surface area contributed by atoms with Crippen LogP contribution in [0.5, 0.6) is 0 Å². The number of anilines is 1. The van der Waals surface area contributed by atoms with Crippen LogP contribution in [0.15, 0.2) is 42.7 Å². The van der Waals surface area contributed by atoms with E-state index in [0.29, 0.717) is 23.6 Å². The number of carboxylic acid groups (broad SMARTS) is 1. The molecule has 0 aliphatic carbocycles. The lowest BCUT2D eigenvalue weighted by Crippen LogP contribution is -2.44. The molecular weight excluding hydrogens is 410 g/mol. The van der Waals surface area contributed by atoms with Crippen molar-refractivity contribution >= 4 is 17.8 Å². The first-order valence-electron chi connectivity index (χ1n) is 9.17. The van der Waals surface area contributed by atoms with Gasteiger partial charge in [0.2, 0.25) is 5.82 Å². The fourth-order valence-electron chi connectivity index (χ4n) is 2.95. The highest BCUT2D eigenvalue weighted by Crippen LogP contribution is 2.26. The van der Waals surface area contributed by atoms with Crippen LogP contribution in [0.25, 0.3) is 0 Å². The van der Waals surface area contributed by atoms with Gasteiger partial charge in [-0.05, 0) is 35.4 Å². The molecule has 1 aliphatic heterocycles. The van der Waals surface area contributed by atoms with Gasteiger partial charge in [-0.15, -0.1) is 0 Å². The van der Waals surface area contributed by atoms with Crippen molar-refractivity contribution in [1.82, 2.24) is 19.9 Å². The van der Waals surface area contributed by atoms with Gasteiger partial charge in [-0.25, -0.2) is 23.4 Å². The molecule has 2 aromatic heterocycles. The number of nitrogens with zero attached hydrogens (tertiary/aromatic N) is 4. The highest BCUT2D eigenvalue weighted by Gasteiger charge is 2.31. The van der Waals surface area contributed by atoms with Crippen molar-refractivity contribution in [2.24, 2.45) is 5.73 Å². The minimum Gasteiger partial charge on any atom is -0.475 e. The number of hydrogen-bond acceptors (Lipinski definition) is 5. The first-order valence-corrected chi connectivity index (χ1v) is 9.17. The van der Waals surface area contributed by atoms with Crippen molar-refractivity contribution in [2.45, 2.75) is 19.6 Å². The van der Waals surface area contributed by atoms with E-state index in [1.165, 1.54) is 22.9 Å². The molecular formula is C20H20F2N6O3. The smallest absolute Gasteiger partial charge is 0.371 e. The summed E-state index contributed by atoms with van der Waals surface area (Å²) in [6.45, 7) is 0.721. The Morgan fingerprint density at radius 2 is 1.90 bits per heavy atom. The molecule has 0 saturated heterocycles. The molecule has 0 atom stereocenters. The molecule has 3 aromatic rings. The van der Waals surface area contributed by atoms with Gasteiger partial charge in [0.1, 0.15) is 11.5 Å². The molecule has 1 aromatic carbocycles. The third-order valence-electron chi connectivity index (χ3n) is 4.54. The molecule has 0 radical (unpaired) electrons. The zero-order chi connectivity index (χ0) is 22.5. The van der Waals surface area contributed by atoms with Gasteiger partial charge in [-0.2, -0.15) is 0 Å². The van der Waals surface area contributed by atoms with Crippen LogP contribution < -0.4 is 10.6 Å². The fourth-order valence-corrected chi connectivity index (χ4v) is 2.95. The maximum absolute atomic E-state index is 13.3. The van der Waals surface area contributed by atoms with Crippen LogP contribution >= 0.6 is 0 Å². The number of carboxylic acids is 1. The van der Waals surface area contributed by atoms with Crippen LogP contribution in [0, 0.1) is 11.6 Å². The molecule has 0 unspecified atom stereocenters. The Bertz CT molecular complexity index is 1090. The average molecular weight is 430 g/mol. The average Bonchev–Trinajstić information content (AvgIpc) is 3.20. The predicted octanol–water partition coefficient (Wildman–Crippen LogP) is 2.50. The summed E-state index contributed by atoms with van der Waals surface area (Å²) in [7, 11) is 1.47. The molecule has 0 spiro atoms. The van der Waals surface area contributed by atoms with E-state index in [4.69, 9.17) is 10.8 Å². The van der Waals surface area contributed by atoms with Crippen molar-refractivity contribution in [1.29, 1.82) is 0 Å². The maximum atomic E-state index is 13.3. The van der Waals surface area contributed by atoms with Crippen LogP contribution in [0.4, 0.5) is 19.4 Å². The van der Waals surface area contributed by atoms with E-state index in [9.17, 15) is 18.4 Å². The molecule has 4 rings (SSSR count). The molecule has 31 heavy (non-hydrogen) atoms. The summed E-state index contributed by atoms with van der Waals surface area (Å²) in [5.41, 5.74) is 7.26. The van der Waals surface area contributed by atoms with E-state index >= 15 is 0 Å². The number of aromatic amines is 1. The second-order valence-corrected chi connectivity index (χ2v) is 6.69. The first-order chi connectivity index (χ1) is 14.8. The number of halogens is 2. The standard InChI is InChI=1S/C14H12F2N4O3.C6H8N2/c1-19-12-10(17-11(18-12)13(21)22)6-20(14(19)23)5-7-2-3-8(15)9(16)4-7;7-5-6-1-3-8-4-2-6/h2-4H,5-6H2,1H3,(H,17,18)(H,21,22);1-4H,5,7H2. The topological polar surface area (TPSA) is 128 Å². The number of benzene rings is 1. The van der Waals surface area contributed by atoms with Gasteiger partial charge in [-0.1, -0.05) is 6.07 Å². The van der Waals surface area contributed by atoms with Crippen LogP contribution in [0.1, 0.15) is 27.4 Å². The van der Waals surface area contributed by atoms with Crippen LogP contribution in [-0.4, -0.2) is 44.0 Å². The Hall–Kier alpha value is -3.86. The number of nitrogens with two attached hydrogens (primary N) is 1. The fraction of sp³-hybridized carbons (Fsp3) is 0.200. The number of rotatable bonds is 4. The summed E-state index contributed by atoms with van der Waals surface area (Å²) in [6.07, 6.45) is 3.48. The molecule has 0 fully saturated rings. The number of aromatic carboxylic acids is 1. The molecule has 4 N–H and O–H groups in total. The van der Waals surface area contributed by atoms with Crippen LogP contribution in [-0.2, 0) is 19.6 Å². The van der Waals surface area contributed by atoms with Gasteiger partial charge >= 0.3 is 12.0 Å². The van der Waals surface area contributed by atoms with Crippen molar-refractivity contribution < 1.29 is 23.5 Å². The Morgan fingerprint density at radius 3 is 2.48 bits per heavy atom. The summed E-state index contributed by atoms with van der Waals surface area (Å²) < 4.78 is 26.2. The number of carbonyl (C=O) groups excluding carboxylic acids is 1. The molecule has 162 valence electrons. The predicted molar refractivity (Wildman–Crippen MR) is 107 cm³/mol. The molecule has 0 bridgehead atoms. The van der Waals surface area contributed by atoms with Crippen molar-refractivity contribution in [3.05, 3.63) is 77.0 Å². The monoisotopic (exact) mass is 430 g/mol. The van der Waals surface area contributed by atoms with E-state index in [2.05, 4.69) is 15.0 Å². The van der Waals surface area contributed by atoms with Crippen LogP contribution in [0.3, 0.4) is 0 Å². The van der Waals surface area contributed by atoms with E-state index in [1.54, 1.807) is 12.4 Å².